The molecule has 0 spiro atoms. The number of hydrogen-bond acceptors (Lipinski definition) is 4. The molecule has 5 nitrogen and oxygen atoms in total. The number of nitrogens with one attached hydrogen (secondary N) is 1. The molecule has 27 heavy (non-hydrogen) atoms. The summed E-state index contributed by atoms with van der Waals surface area (Å²) in [6.45, 7) is 4.92. The molecule has 0 heterocycles. The highest BCUT2D eigenvalue weighted by molar-refractivity contribution is 6.35. The molecule has 1 N–H and O–H groups in total. The van der Waals surface area contributed by atoms with Crippen molar-refractivity contribution in [1.82, 2.24) is 5.32 Å². The van der Waals surface area contributed by atoms with E-state index in [1.165, 1.54) is 6.92 Å². The van der Waals surface area contributed by atoms with Gasteiger partial charge in [-0.25, -0.2) is 4.79 Å². The third-order valence-electron chi connectivity index (χ3n) is 3.81. The molecule has 0 bridgehead atoms. The van der Waals surface area contributed by atoms with Crippen molar-refractivity contribution < 1.29 is 19.1 Å². The van der Waals surface area contributed by atoms with Crippen LogP contribution in [0.3, 0.4) is 0 Å². The van der Waals surface area contributed by atoms with Crippen LogP contribution in [0.4, 0.5) is 0 Å². The van der Waals surface area contributed by atoms with Crippen LogP contribution >= 0.6 is 23.2 Å². The highest BCUT2D eigenvalue weighted by atomic mass is 35.5. The fourth-order valence-corrected chi connectivity index (χ4v) is 2.97. The van der Waals surface area contributed by atoms with Gasteiger partial charge in [0.15, 0.2) is 12.7 Å². The maximum Gasteiger partial charge on any atom is 0.344 e. The van der Waals surface area contributed by atoms with Crippen LogP contribution in [0.15, 0.2) is 42.5 Å². The second-order valence-electron chi connectivity index (χ2n) is 6.13. The first-order valence-corrected chi connectivity index (χ1v) is 9.16. The fourth-order valence-electron chi connectivity index (χ4n) is 2.39. The number of carbonyl (C=O) groups is 2. The molecular formula is C20H21Cl2NO4. The predicted molar refractivity (Wildman–Crippen MR) is 105 cm³/mol. The molecule has 2 rings (SSSR count). The molecule has 0 saturated carbocycles. The largest absolute Gasteiger partial charge is 0.482 e. The Bertz CT molecular complexity index is 825. The molecule has 1 amide bonds. The molecule has 2 aromatic rings. The van der Waals surface area contributed by atoms with Crippen LogP contribution in [0.25, 0.3) is 0 Å². The zero-order valence-corrected chi connectivity index (χ0v) is 16.8. The molecule has 0 radical (unpaired) electrons. The summed E-state index contributed by atoms with van der Waals surface area (Å²) in [6, 6.07) is 12.0. The summed E-state index contributed by atoms with van der Waals surface area (Å²) >= 11 is 12.0. The van der Waals surface area contributed by atoms with E-state index < -0.39 is 18.0 Å². The number of rotatable bonds is 7. The molecule has 144 valence electrons. The van der Waals surface area contributed by atoms with Crippen molar-refractivity contribution in [2.45, 2.75) is 32.9 Å². The topological polar surface area (TPSA) is 64.6 Å². The van der Waals surface area contributed by atoms with Gasteiger partial charge in [-0.3, -0.25) is 4.79 Å². The summed E-state index contributed by atoms with van der Waals surface area (Å²) in [5.41, 5.74) is 1.74. The predicted octanol–water partition coefficient (Wildman–Crippen LogP) is 4.49. The van der Waals surface area contributed by atoms with Gasteiger partial charge in [-0.05, 0) is 56.2 Å². The average molecular weight is 410 g/mol. The molecule has 0 aromatic heterocycles. The molecule has 0 saturated heterocycles. The quantitative estimate of drug-likeness (QED) is 0.684. The van der Waals surface area contributed by atoms with Crippen LogP contribution in [0, 0.1) is 6.92 Å². The van der Waals surface area contributed by atoms with E-state index in [2.05, 4.69) is 5.32 Å². The Kier molecular flexibility index (Phi) is 7.51. The molecule has 2 aromatic carbocycles. The number of halogens is 2. The first-order valence-electron chi connectivity index (χ1n) is 8.40. The van der Waals surface area contributed by atoms with Crippen LogP contribution in [0.2, 0.25) is 10.0 Å². The van der Waals surface area contributed by atoms with Crippen LogP contribution in [0.5, 0.6) is 5.75 Å². The SMILES string of the molecule is Cc1cccc(OCC(=O)O[C@H](C)C(=O)N[C@H](C)c2ccc(Cl)cc2Cl)c1. The van der Waals surface area contributed by atoms with Gasteiger partial charge in [0, 0.05) is 10.0 Å². The Hall–Kier alpha value is -2.24. The van der Waals surface area contributed by atoms with Crippen molar-refractivity contribution in [3.05, 3.63) is 63.6 Å². The van der Waals surface area contributed by atoms with E-state index in [0.29, 0.717) is 15.8 Å². The van der Waals surface area contributed by atoms with E-state index in [9.17, 15) is 9.59 Å². The van der Waals surface area contributed by atoms with Gasteiger partial charge < -0.3 is 14.8 Å². The van der Waals surface area contributed by atoms with Gasteiger partial charge in [0.05, 0.1) is 6.04 Å². The lowest BCUT2D eigenvalue weighted by Gasteiger charge is -2.19. The van der Waals surface area contributed by atoms with E-state index in [-0.39, 0.29) is 12.6 Å². The lowest BCUT2D eigenvalue weighted by molar-refractivity contribution is -0.156. The van der Waals surface area contributed by atoms with Gasteiger partial charge in [0.25, 0.3) is 5.91 Å². The standard InChI is InChI=1S/C20H21Cl2NO4/c1-12-5-4-6-16(9-12)26-11-19(24)27-14(3)20(25)23-13(2)17-8-7-15(21)10-18(17)22/h4-10,13-14H,11H2,1-3H3,(H,23,25)/t13-,14-/m1/s1. The van der Waals surface area contributed by atoms with Gasteiger partial charge in [-0.1, -0.05) is 41.4 Å². The lowest BCUT2D eigenvalue weighted by atomic mass is 10.1. The van der Waals surface area contributed by atoms with Gasteiger partial charge in [-0.15, -0.1) is 0 Å². The van der Waals surface area contributed by atoms with E-state index in [1.54, 1.807) is 37.3 Å². The van der Waals surface area contributed by atoms with E-state index >= 15 is 0 Å². The normalized spacial score (nSPS) is 12.8. The molecule has 7 heteroatoms. The zero-order valence-electron chi connectivity index (χ0n) is 15.3. The van der Waals surface area contributed by atoms with Crippen LogP contribution in [-0.4, -0.2) is 24.6 Å². The van der Waals surface area contributed by atoms with Crippen molar-refractivity contribution >= 4 is 35.1 Å². The first kappa shape index (κ1) is 21.1. The maximum absolute atomic E-state index is 12.3. The van der Waals surface area contributed by atoms with Gasteiger partial charge in [-0.2, -0.15) is 0 Å². The molecular weight excluding hydrogens is 389 g/mol. The number of aryl methyl sites for hydroxylation is 1. The number of esters is 1. The summed E-state index contributed by atoms with van der Waals surface area (Å²) < 4.78 is 10.5. The minimum absolute atomic E-state index is 0.278. The molecule has 0 unspecified atom stereocenters. The van der Waals surface area contributed by atoms with Crippen LogP contribution < -0.4 is 10.1 Å². The van der Waals surface area contributed by atoms with E-state index in [4.69, 9.17) is 32.7 Å². The van der Waals surface area contributed by atoms with Crippen LogP contribution in [-0.2, 0) is 14.3 Å². The highest BCUT2D eigenvalue weighted by Crippen LogP contribution is 2.26. The van der Waals surface area contributed by atoms with Crippen molar-refractivity contribution in [2.75, 3.05) is 6.61 Å². The summed E-state index contributed by atoms with van der Waals surface area (Å²) in [7, 11) is 0. The van der Waals surface area contributed by atoms with Gasteiger partial charge in [0.1, 0.15) is 5.75 Å². The summed E-state index contributed by atoms with van der Waals surface area (Å²) in [5, 5.41) is 3.72. The number of ether oxygens (including phenoxy) is 2. The zero-order chi connectivity index (χ0) is 20.0. The van der Waals surface area contributed by atoms with Crippen LogP contribution in [0.1, 0.15) is 31.0 Å². The second kappa shape index (κ2) is 9.62. The number of carbonyl (C=O) groups excluding carboxylic acids is 2. The molecule has 0 fully saturated rings. The van der Waals surface area contributed by atoms with Crippen molar-refractivity contribution in [2.24, 2.45) is 0 Å². The first-order chi connectivity index (χ1) is 12.8. The van der Waals surface area contributed by atoms with Crippen molar-refractivity contribution in [1.29, 1.82) is 0 Å². The third kappa shape index (κ3) is 6.45. The van der Waals surface area contributed by atoms with E-state index in [0.717, 1.165) is 11.1 Å². The Labute approximate surface area is 168 Å². The lowest BCUT2D eigenvalue weighted by Crippen LogP contribution is -2.38. The summed E-state index contributed by atoms with van der Waals surface area (Å²) in [5.74, 6) is -0.496. The second-order valence-corrected chi connectivity index (χ2v) is 6.98. The van der Waals surface area contributed by atoms with Gasteiger partial charge in [0.2, 0.25) is 0 Å². The third-order valence-corrected chi connectivity index (χ3v) is 4.37. The summed E-state index contributed by atoms with van der Waals surface area (Å²) in [4.78, 5) is 24.2. The minimum atomic E-state index is -0.966. The Morgan fingerprint density at radius 2 is 1.85 bits per heavy atom. The Morgan fingerprint density at radius 1 is 1.11 bits per heavy atom. The monoisotopic (exact) mass is 409 g/mol. The van der Waals surface area contributed by atoms with Crippen molar-refractivity contribution in [3.63, 3.8) is 0 Å². The minimum Gasteiger partial charge on any atom is -0.482 e. The number of benzene rings is 2. The number of hydrogen-bond donors (Lipinski definition) is 1. The Balaban J connectivity index is 1.84. The van der Waals surface area contributed by atoms with Crippen molar-refractivity contribution in [3.8, 4) is 5.75 Å². The molecule has 0 aliphatic carbocycles. The molecule has 0 aliphatic rings. The maximum atomic E-state index is 12.3. The van der Waals surface area contributed by atoms with E-state index in [1.807, 2.05) is 19.1 Å². The molecule has 2 atom stereocenters. The molecule has 0 aliphatic heterocycles. The summed E-state index contributed by atoms with van der Waals surface area (Å²) in [6.07, 6.45) is -0.966. The Morgan fingerprint density at radius 3 is 2.52 bits per heavy atom. The average Bonchev–Trinajstić information content (AvgIpc) is 2.59. The van der Waals surface area contributed by atoms with Gasteiger partial charge >= 0.3 is 5.97 Å². The smallest absolute Gasteiger partial charge is 0.344 e. The fraction of sp³-hybridized carbons (Fsp3) is 0.300. The highest BCUT2D eigenvalue weighted by Gasteiger charge is 2.21. The number of amides is 1.